The van der Waals surface area contributed by atoms with Crippen molar-refractivity contribution in [3.05, 3.63) is 70.5 Å². The van der Waals surface area contributed by atoms with Gasteiger partial charge in [0.2, 0.25) is 4.80 Å². The molecule has 0 saturated carbocycles. The summed E-state index contributed by atoms with van der Waals surface area (Å²) in [5.41, 5.74) is 0.670. The number of Topliss-reactive ketones (excluding diaryl/α,β-unsaturated/α-hetero) is 1. The lowest BCUT2D eigenvalue weighted by molar-refractivity contribution is 0.101. The fourth-order valence-electron chi connectivity index (χ4n) is 1.99. The number of para-hydroxylation sites is 1. The molecule has 7 nitrogen and oxygen atoms in total. The summed E-state index contributed by atoms with van der Waals surface area (Å²) in [5, 5.41) is 8.41. The fourth-order valence-corrected chi connectivity index (χ4v) is 3.63. The van der Waals surface area contributed by atoms with Crippen molar-refractivity contribution in [3.63, 3.8) is 0 Å². The molecule has 9 heteroatoms. The van der Waals surface area contributed by atoms with Crippen LogP contribution in [0.5, 0.6) is 0 Å². The third-order valence-electron chi connectivity index (χ3n) is 3.18. The van der Waals surface area contributed by atoms with E-state index in [1.807, 2.05) is 18.2 Å². The topological polar surface area (TPSA) is 93.4 Å². The number of nitrogens with zero attached hydrogens (tertiary/aromatic N) is 3. The molecule has 0 bridgehead atoms. The minimum atomic E-state index is -3.80. The monoisotopic (exact) mass is 374 g/mol. The van der Waals surface area contributed by atoms with E-state index in [1.165, 1.54) is 23.7 Å². The molecule has 1 N–H and O–H groups in total. The van der Waals surface area contributed by atoms with Crippen LogP contribution in [0, 0.1) is 0 Å². The van der Waals surface area contributed by atoms with Crippen LogP contribution in [0.15, 0.2) is 70.7 Å². The molecule has 128 valence electrons. The van der Waals surface area contributed by atoms with Gasteiger partial charge in [0.15, 0.2) is 10.8 Å². The molecule has 2 aromatic carbocycles. The van der Waals surface area contributed by atoms with Crippen LogP contribution in [0.1, 0.15) is 16.7 Å². The maximum absolute atomic E-state index is 12.3. The van der Waals surface area contributed by atoms with Crippen molar-refractivity contribution in [1.29, 1.82) is 0 Å². The summed E-state index contributed by atoms with van der Waals surface area (Å²) in [6.07, 6.45) is 0. The van der Waals surface area contributed by atoms with E-state index in [9.17, 15) is 13.2 Å². The maximum atomic E-state index is 12.3. The lowest BCUT2D eigenvalue weighted by Crippen LogP contribution is -2.24. The molecule has 0 aliphatic heterocycles. The number of carbonyl (C=O) groups is 1. The van der Waals surface area contributed by atoms with Crippen LogP contribution in [0.25, 0.3) is 5.69 Å². The summed E-state index contributed by atoms with van der Waals surface area (Å²) in [4.78, 5) is 14.2. The van der Waals surface area contributed by atoms with Crippen LogP contribution in [0.3, 0.4) is 0 Å². The Morgan fingerprint density at radius 1 is 1.08 bits per heavy atom. The van der Waals surface area contributed by atoms with Crippen LogP contribution in [0.4, 0.5) is 0 Å². The fraction of sp³-hybridized carbons (Fsp3) is 0.0625. The zero-order chi connectivity index (χ0) is 17.9. The summed E-state index contributed by atoms with van der Waals surface area (Å²) in [7, 11) is -3.80. The van der Waals surface area contributed by atoms with E-state index < -0.39 is 10.0 Å². The van der Waals surface area contributed by atoms with Gasteiger partial charge >= 0.3 is 0 Å². The van der Waals surface area contributed by atoms with Gasteiger partial charge < -0.3 is 0 Å². The standard InChI is InChI=1S/C16H14N4O3S2/c1-12(21)15-18-20(13-8-4-2-5-9-13)16(24-15)17-19-25(22,23)14-10-6-3-7-11-14/h2-11,19H,1H3/b17-16+. The highest BCUT2D eigenvalue weighted by atomic mass is 32.2. The predicted molar refractivity (Wildman–Crippen MR) is 93.8 cm³/mol. The predicted octanol–water partition coefficient (Wildman–Crippen LogP) is 1.93. The Morgan fingerprint density at radius 3 is 2.28 bits per heavy atom. The molecule has 1 aromatic heterocycles. The second-order valence-electron chi connectivity index (χ2n) is 5.01. The highest BCUT2D eigenvalue weighted by molar-refractivity contribution is 7.89. The van der Waals surface area contributed by atoms with Gasteiger partial charge in [-0.3, -0.25) is 4.79 Å². The first kappa shape index (κ1) is 17.1. The molecule has 0 saturated heterocycles. The molecule has 25 heavy (non-hydrogen) atoms. The molecule has 0 aliphatic rings. The molecule has 0 atom stereocenters. The van der Waals surface area contributed by atoms with E-state index in [0.29, 0.717) is 5.69 Å². The Bertz CT molecular complexity index is 1060. The van der Waals surface area contributed by atoms with Gasteiger partial charge in [0.1, 0.15) is 0 Å². The van der Waals surface area contributed by atoms with E-state index >= 15 is 0 Å². The second kappa shape index (κ2) is 6.99. The summed E-state index contributed by atoms with van der Waals surface area (Å²) in [6.45, 7) is 1.39. The average Bonchev–Trinajstić information content (AvgIpc) is 3.06. The van der Waals surface area contributed by atoms with E-state index in [0.717, 1.165) is 11.3 Å². The smallest absolute Gasteiger partial charge is 0.276 e. The molecule has 0 amide bonds. The maximum Gasteiger partial charge on any atom is 0.276 e. The first-order valence-electron chi connectivity index (χ1n) is 7.24. The van der Waals surface area contributed by atoms with Crippen molar-refractivity contribution in [2.45, 2.75) is 11.8 Å². The third-order valence-corrected chi connectivity index (χ3v) is 5.41. The van der Waals surface area contributed by atoms with Gasteiger partial charge in [-0.05, 0) is 24.3 Å². The third kappa shape index (κ3) is 3.83. The van der Waals surface area contributed by atoms with Gasteiger partial charge in [0, 0.05) is 6.92 Å². The quantitative estimate of drug-likeness (QED) is 0.545. The van der Waals surface area contributed by atoms with Crippen molar-refractivity contribution >= 4 is 27.1 Å². The summed E-state index contributed by atoms with van der Waals surface area (Å²) >= 11 is 1.01. The van der Waals surface area contributed by atoms with Gasteiger partial charge in [0.05, 0.1) is 10.6 Å². The first-order valence-corrected chi connectivity index (χ1v) is 9.54. The van der Waals surface area contributed by atoms with Crippen molar-refractivity contribution in [2.75, 3.05) is 0 Å². The van der Waals surface area contributed by atoms with Gasteiger partial charge in [0.25, 0.3) is 10.0 Å². The van der Waals surface area contributed by atoms with E-state index in [2.05, 4.69) is 15.0 Å². The Kier molecular flexibility index (Phi) is 4.77. The van der Waals surface area contributed by atoms with E-state index in [4.69, 9.17) is 0 Å². The first-order chi connectivity index (χ1) is 12.0. The largest absolute Gasteiger partial charge is 0.292 e. The molecule has 0 spiro atoms. The average molecular weight is 374 g/mol. The molecular weight excluding hydrogens is 360 g/mol. The zero-order valence-electron chi connectivity index (χ0n) is 13.2. The van der Waals surface area contributed by atoms with Gasteiger partial charge in [-0.25, -0.2) is 4.68 Å². The molecule has 0 unspecified atom stereocenters. The van der Waals surface area contributed by atoms with Crippen LogP contribution < -0.4 is 9.63 Å². The van der Waals surface area contributed by atoms with Crippen LogP contribution in [-0.2, 0) is 10.0 Å². The minimum Gasteiger partial charge on any atom is -0.292 e. The number of hydrogen-bond acceptors (Lipinski definition) is 6. The summed E-state index contributed by atoms with van der Waals surface area (Å²) in [6, 6.07) is 17.0. The number of carbonyl (C=O) groups excluding carboxylic acids is 1. The highest BCUT2D eigenvalue weighted by Crippen LogP contribution is 2.09. The molecular formula is C16H14N4O3S2. The molecule has 0 fully saturated rings. The molecule has 0 aliphatic carbocycles. The number of sulfonamides is 1. The SMILES string of the molecule is CC(=O)c1nn(-c2ccccc2)/c(=N\NS(=O)(=O)c2ccccc2)s1. The minimum absolute atomic E-state index is 0.0984. The number of benzene rings is 2. The van der Waals surface area contributed by atoms with Crippen molar-refractivity contribution in [3.8, 4) is 5.69 Å². The normalized spacial score (nSPS) is 12.1. The molecule has 3 aromatic rings. The number of rotatable bonds is 5. The Labute approximate surface area is 148 Å². The van der Waals surface area contributed by atoms with Gasteiger partial charge in [-0.15, -0.1) is 5.10 Å². The van der Waals surface area contributed by atoms with Crippen LogP contribution >= 0.6 is 11.3 Å². The van der Waals surface area contributed by atoms with Crippen LogP contribution in [-0.4, -0.2) is 24.0 Å². The second-order valence-corrected chi connectivity index (χ2v) is 7.63. The number of nitrogens with one attached hydrogen (secondary N) is 1. The highest BCUT2D eigenvalue weighted by Gasteiger charge is 2.14. The van der Waals surface area contributed by atoms with Crippen molar-refractivity contribution < 1.29 is 13.2 Å². The van der Waals surface area contributed by atoms with Gasteiger partial charge in [-0.1, -0.05) is 47.7 Å². The number of ketones is 1. The van der Waals surface area contributed by atoms with Crippen molar-refractivity contribution in [2.24, 2.45) is 5.10 Å². The van der Waals surface area contributed by atoms with E-state index in [-0.39, 0.29) is 20.5 Å². The van der Waals surface area contributed by atoms with Gasteiger partial charge in [-0.2, -0.15) is 18.3 Å². The molecule has 1 heterocycles. The van der Waals surface area contributed by atoms with Crippen LogP contribution in [0.2, 0.25) is 0 Å². The summed E-state index contributed by atoms with van der Waals surface area (Å²) in [5.74, 6) is -0.220. The zero-order valence-corrected chi connectivity index (χ0v) is 14.8. The number of aromatic nitrogens is 2. The number of hydrogen-bond donors (Lipinski definition) is 1. The van der Waals surface area contributed by atoms with Crippen molar-refractivity contribution in [1.82, 2.24) is 14.6 Å². The Morgan fingerprint density at radius 2 is 1.68 bits per heavy atom. The summed E-state index contributed by atoms with van der Waals surface area (Å²) < 4.78 is 26.0. The lowest BCUT2D eigenvalue weighted by atomic mass is 10.3. The Hall–Kier alpha value is -2.78. The molecule has 0 radical (unpaired) electrons. The molecule has 3 rings (SSSR count). The lowest BCUT2D eigenvalue weighted by Gasteiger charge is -2.03. The Balaban J connectivity index is 2.04. The van der Waals surface area contributed by atoms with E-state index in [1.54, 1.807) is 30.3 Å².